The monoisotopic (exact) mass is 348 g/mol. The van der Waals surface area contributed by atoms with Crippen molar-refractivity contribution in [3.63, 3.8) is 0 Å². The minimum atomic E-state index is -0.422. The summed E-state index contributed by atoms with van der Waals surface area (Å²) in [4.78, 5) is 25.9. The second kappa shape index (κ2) is 6.20. The number of hydrogen-bond donors (Lipinski definition) is 2. The molecule has 0 unspecified atom stereocenters. The highest BCUT2D eigenvalue weighted by molar-refractivity contribution is 6.30. The van der Waals surface area contributed by atoms with Crippen LogP contribution >= 0.6 is 11.6 Å². The van der Waals surface area contributed by atoms with E-state index in [0.717, 1.165) is 11.3 Å². The fraction of sp³-hybridized carbons (Fsp3) is 0.294. The van der Waals surface area contributed by atoms with Gasteiger partial charge >= 0.3 is 0 Å². The van der Waals surface area contributed by atoms with Gasteiger partial charge in [0.05, 0.1) is 5.56 Å². The lowest BCUT2D eigenvalue weighted by Crippen LogP contribution is -2.36. The molecule has 126 valence electrons. The fourth-order valence-electron chi connectivity index (χ4n) is 2.41. The Morgan fingerprint density at radius 3 is 2.79 bits per heavy atom. The van der Waals surface area contributed by atoms with E-state index in [4.69, 9.17) is 21.1 Å². The molecule has 3 rings (SSSR count). The van der Waals surface area contributed by atoms with Crippen molar-refractivity contribution in [1.82, 2.24) is 10.3 Å². The first-order valence-corrected chi connectivity index (χ1v) is 7.81. The molecule has 1 aromatic carbocycles. The van der Waals surface area contributed by atoms with Gasteiger partial charge in [-0.1, -0.05) is 31.5 Å². The maximum Gasteiger partial charge on any atom is 0.266 e. The van der Waals surface area contributed by atoms with Crippen molar-refractivity contribution in [3.8, 4) is 11.5 Å². The normalized spacial score (nSPS) is 13.0. The molecule has 0 fully saturated rings. The van der Waals surface area contributed by atoms with Crippen molar-refractivity contribution in [1.29, 1.82) is 0 Å². The van der Waals surface area contributed by atoms with Gasteiger partial charge < -0.3 is 19.8 Å². The second-order valence-electron chi connectivity index (χ2n) is 6.20. The van der Waals surface area contributed by atoms with E-state index in [1.54, 1.807) is 0 Å². The highest BCUT2D eigenvalue weighted by atomic mass is 35.5. The van der Waals surface area contributed by atoms with E-state index >= 15 is 0 Å². The van der Waals surface area contributed by atoms with Crippen molar-refractivity contribution >= 4 is 17.5 Å². The lowest BCUT2D eigenvalue weighted by molar-refractivity contribution is 0.0945. The zero-order valence-electron chi connectivity index (χ0n) is 13.3. The molecular formula is C17H17ClN2O4. The van der Waals surface area contributed by atoms with Crippen LogP contribution < -0.4 is 20.3 Å². The number of H-pyrrole nitrogens is 1. The molecule has 0 saturated heterocycles. The summed E-state index contributed by atoms with van der Waals surface area (Å²) in [6, 6.07) is 7.09. The Labute approximate surface area is 143 Å². The number of benzene rings is 1. The molecule has 6 nitrogen and oxygen atoms in total. The number of pyridine rings is 1. The summed E-state index contributed by atoms with van der Waals surface area (Å²) in [7, 11) is 0. The second-order valence-corrected chi connectivity index (χ2v) is 6.61. The lowest BCUT2D eigenvalue weighted by Gasteiger charge is -2.26. The first-order valence-electron chi connectivity index (χ1n) is 7.43. The maximum atomic E-state index is 12.2. The number of ether oxygens (including phenoxy) is 2. The van der Waals surface area contributed by atoms with Crippen molar-refractivity contribution in [3.05, 3.63) is 57.0 Å². The summed E-state index contributed by atoms with van der Waals surface area (Å²) >= 11 is 5.75. The number of hydrogen-bond acceptors (Lipinski definition) is 4. The number of fused-ring (bicyclic) bond motifs is 1. The summed E-state index contributed by atoms with van der Waals surface area (Å²) < 4.78 is 10.7. The summed E-state index contributed by atoms with van der Waals surface area (Å²) in [6.07, 6.45) is 1.34. The Balaban J connectivity index is 1.71. The average molecular weight is 349 g/mol. The minimum absolute atomic E-state index is 0.0160. The molecule has 0 saturated carbocycles. The number of aromatic nitrogens is 1. The number of amides is 1. The van der Waals surface area contributed by atoms with E-state index in [0.29, 0.717) is 17.9 Å². The van der Waals surface area contributed by atoms with Gasteiger partial charge in [-0.25, -0.2) is 0 Å². The largest absolute Gasteiger partial charge is 0.454 e. The third kappa shape index (κ3) is 3.23. The molecule has 1 aliphatic rings. The molecule has 7 heteroatoms. The molecule has 24 heavy (non-hydrogen) atoms. The first kappa shape index (κ1) is 16.4. The van der Waals surface area contributed by atoms with Gasteiger partial charge in [-0.15, -0.1) is 0 Å². The SMILES string of the molecule is CC(C)(CNC(=O)c1c[nH]c(=O)c(Cl)c1)c1ccc2c(c1)OCO2. The van der Waals surface area contributed by atoms with Gasteiger partial charge in [0.25, 0.3) is 11.5 Å². The van der Waals surface area contributed by atoms with Crippen LogP contribution in [0.2, 0.25) is 5.02 Å². The molecule has 0 spiro atoms. The van der Waals surface area contributed by atoms with E-state index in [-0.39, 0.29) is 23.1 Å². The minimum Gasteiger partial charge on any atom is -0.454 e. The first-order chi connectivity index (χ1) is 11.4. The maximum absolute atomic E-state index is 12.2. The number of carbonyl (C=O) groups is 1. The van der Waals surface area contributed by atoms with Crippen LogP contribution in [0.4, 0.5) is 0 Å². The van der Waals surface area contributed by atoms with Crippen LogP contribution in [-0.4, -0.2) is 24.2 Å². The van der Waals surface area contributed by atoms with E-state index in [1.165, 1.54) is 12.3 Å². The Morgan fingerprint density at radius 2 is 2.04 bits per heavy atom. The number of carbonyl (C=O) groups excluding carboxylic acids is 1. The number of aromatic amines is 1. The van der Waals surface area contributed by atoms with Gasteiger partial charge in [0.15, 0.2) is 11.5 Å². The van der Waals surface area contributed by atoms with Crippen LogP contribution in [0, 0.1) is 0 Å². The van der Waals surface area contributed by atoms with Gasteiger partial charge in [-0.2, -0.15) is 0 Å². The zero-order valence-corrected chi connectivity index (χ0v) is 14.1. The molecular weight excluding hydrogens is 332 g/mol. The molecule has 2 N–H and O–H groups in total. The zero-order chi connectivity index (χ0) is 17.3. The number of rotatable bonds is 4. The molecule has 2 heterocycles. The number of nitrogens with one attached hydrogen (secondary N) is 2. The fourth-order valence-corrected chi connectivity index (χ4v) is 2.58. The third-order valence-electron chi connectivity index (χ3n) is 3.97. The summed E-state index contributed by atoms with van der Waals surface area (Å²) in [5, 5.41) is 2.84. The molecule has 1 aliphatic heterocycles. The smallest absolute Gasteiger partial charge is 0.266 e. The van der Waals surface area contributed by atoms with Crippen LogP contribution in [0.3, 0.4) is 0 Å². The standard InChI is InChI=1S/C17H17ClN2O4/c1-17(2,11-3-4-13-14(6-11)24-9-23-13)8-20-15(21)10-5-12(18)16(22)19-7-10/h3-7H,8-9H2,1-2H3,(H,19,22)(H,20,21). The van der Waals surface area contributed by atoms with E-state index in [9.17, 15) is 9.59 Å². The average Bonchev–Trinajstić information content (AvgIpc) is 3.03. The molecule has 0 atom stereocenters. The quantitative estimate of drug-likeness (QED) is 0.889. The van der Waals surface area contributed by atoms with Gasteiger partial charge in [-0.3, -0.25) is 9.59 Å². The highest BCUT2D eigenvalue weighted by Crippen LogP contribution is 2.36. The van der Waals surface area contributed by atoms with Crippen molar-refractivity contribution < 1.29 is 14.3 Å². The van der Waals surface area contributed by atoms with E-state index in [2.05, 4.69) is 10.3 Å². The molecule has 0 radical (unpaired) electrons. The van der Waals surface area contributed by atoms with Crippen molar-refractivity contribution in [2.24, 2.45) is 0 Å². The van der Waals surface area contributed by atoms with Crippen molar-refractivity contribution in [2.45, 2.75) is 19.3 Å². The van der Waals surface area contributed by atoms with Crippen LogP contribution in [0.1, 0.15) is 29.8 Å². The molecule has 0 bridgehead atoms. The van der Waals surface area contributed by atoms with E-state index in [1.807, 2.05) is 32.0 Å². The van der Waals surface area contributed by atoms with Gasteiger partial charge in [0.1, 0.15) is 5.02 Å². The van der Waals surface area contributed by atoms with E-state index < -0.39 is 5.56 Å². The van der Waals surface area contributed by atoms with Crippen molar-refractivity contribution in [2.75, 3.05) is 13.3 Å². The van der Waals surface area contributed by atoms with Gasteiger partial charge in [0, 0.05) is 18.2 Å². The molecule has 0 aliphatic carbocycles. The summed E-state index contributed by atoms with van der Waals surface area (Å²) in [6.45, 7) is 4.67. The number of halogens is 1. The highest BCUT2D eigenvalue weighted by Gasteiger charge is 2.25. The summed E-state index contributed by atoms with van der Waals surface area (Å²) in [5.74, 6) is 1.13. The molecule has 1 amide bonds. The molecule has 1 aromatic heterocycles. The van der Waals surface area contributed by atoms with Crippen LogP contribution in [0.15, 0.2) is 35.3 Å². The van der Waals surface area contributed by atoms with Crippen LogP contribution in [0.5, 0.6) is 11.5 Å². The molecule has 2 aromatic rings. The Bertz CT molecular complexity index is 845. The van der Waals surface area contributed by atoms with Gasteiger partial charge in [0.2, 0.25) is 6.79 Å². The van der Waals surface area contributed by atoms with Crippen LogP contribution in [-0.2, 0) is 5.41 Å². The third-order valence-corrected chi connectivity index (χ3v) is 4.25. The Hall–Kier alpha value is -2.47. The van der Waals surface area contributed by atoms with Gasteiger partial charge in [-0.05, 0) is 23.8 Å². The predicted octanol–water partition coefficient (Wildman–Crippen LogP) is 2.46. The lowest BCUT2D eigenvalue weighted by atomic mass is 9.84. The predicted molar refractivity (Wildman–Crippen MR) is 90.0 cm³/mol. The summed E-state index contributed by atoms with van der Waals surface area (Å²) in [5.41, 5.74) is 0.587. The topological polar surface area (TPSA) is 80.4 Å². The Kier molecular flexibility index (Phi) is 4.24. The van der Waals surface area contributed by atoms with Crippen LogP contribution in [0.25, 0.3) is 0 Å². The Morgan fingerprint density at radius 1 is 1.29 bits per heavy atom.